The van der Waals surface area contributed by atoms with Gasteiger partial charge >= 0.3 is 6.18 Å². The number of allylic oxidation sites excluding steroid dienone is 1. The van der Waals surface area contributed by atoms with E-state index in [0.29, 0.717) is 28.9 Å². The number of aryl methyl sites for hydroxylation is 1. The van der Waals surface area contributed by atoms with E-state index < -0.39 is 17.6 Å². The number of rotatable bonds is 5. The Morgan fingerprint density at radius 2 is 2.03 bits per heavy atom. The van der Waals surface area contributed by atoms with Gasteiger partial charge in [0.1, 0.15) is 17.4 Å². The van der Waals surface area contributed by atoms with Gasteiger partial charge in [-0.05, 0) is 49.9 Å². The van der Waals surface area contributed by atoms with Gasteiger partial charge in [0.15, 0.2) is 0 Å². The molecule has 4 N–H and O–H groups in total. The Labute approximate surface area is 182 Å². The molecule has 2 aromatic rings. The molecule has 0 radical (unpaired) electrons. The third-order valence-corrected chi connectivity index (χ3v) is 4.75. The summed E-state index contributed by atoms with van der Waals surface area (Å²) in [6.07, 6.45) is -1.19. The number of anilines is 1. The molecule has 1 aliphatic rings. The number of aliphatic imine (C=N–C) groups is 2. The average molecular weight is 442 g/mol. The maximum Gasteiger partial charge on any atom is 0.416 e. The number of aromatic nitrogens is 1. The van der Waals surface area contributed by atoms with Crippen LogP contribution >= 0.6 is 0 Å². The van der Waals surface area contributed by atoms with Gasteiger partial charge in [0.05, 0.1) is 11.3 Å². The molecule has 1 aromatic carbocycles. The van der Waals surface area contributed by atoms with Crippen LogP contribution in [0.15, 0.2) is 64.1 Å². The van der Waals surface area contributed by atoms with E-state index in [9.17, 15) is 18.0 Å². The Bertz CT molecular complexity index is 1160. The number of carbonyl (C=O) groups is 1. The molecule has 0 bridgehead atoms. The van der Waals surface area contributed by atoms with Crippen molar-refractivity contribution in [3.05, 3.63) is 76.4 Å². The number of nitrogens with two attached hydrogens (primary N) is 1. The minimum absolute atomic E-state index is 0.198. The lowest BCUT2D eigenvalue weighted by atomic mass is 10.00. The molecular weight excluding hydrogens is 421 g/mol. The van der Waals surface area contributed by atoms with Crippen molar-refractivity contribution in [2.45, 2.75) is 26.4 Å². The first-order valence-corrected chi connectivity index (χ1v) is 9.60. The Kier molecular flexibility index (Phi) is 6.42. The lowest BCUT2D eigenvalue weighted by Gasteiger charge is -2.20. The number of pyridine rings is 1. The number of benzene rings is 1. The van der Waals surface area contributed by atoms with Crippen LogP contribution in [0, 0.1) is 6.92 Å². The molecule has 0 atom stereocenters. The molecule has 1 amide bonds. The molecule has 32 heavy (non-hydrogen) atoms. The molecule has 0 unspecified atom stereocenters. The van der Waals surface area contributed by atoms with Gasteiger partial charge in [-0.2, -0.15) is 13.2 Å². The highest BCUT2D eigenvalue weighted by Gasteiger charge is 2.31. The minimum atomic E-state index is -4.53. The highest BCUT2D eigenvalue weighted by molar-refractivity contribution is 6.06. The van der Waals surface area contributed by atoms with E-state index in [1.807, 2.05) is 6.92 Å². The van der Waals surface area contributed by atoms with Gasteiger partial charge in [-0.15, -0.1) is 0 Å². The van der Waals surface area contributed by atoms with E-state index in [1.54, 1.807) is 25.3 Å². The second-order valence-electron chi connectivity index (χ2n) is 6.94. The van der Waals surface area contributed by atoms with Crippen molar-refractivity contribution in [2.75, 3.05) is 5.32 Å². The molecule has 1 aromatic heterocycles. The summed E-state index contributed by atoms with van der Waals surface area (Å²) in [5, 5.41) is 5.58. The predicted molar refractivity (Wildman–Crippen MR) is 118 cm³/mol. The number of hydrogen-bond acceptors (Lipinski definition) is 6. The van der Waals surface area contributed by atoms with Crippen LogP contribution in [0.4, 0.5) is 19.0 Å². The van der Waals surface area contributed by atoms with E-state index in [-0.39, 0.29) is 17.2 Å². The zero-order valence-corrected chi connectivity index (χ0v) is 17.4. The Hall–Kier alpha value is -3.95. The first-order valence-electron chi connectivity index (χ1n) is 9.60. The number of carbonyl (C=O) groups excluding carboxylic acids is 1. The van der Waals surface area contributed by atoms with E-state index in [2.05, 4.69) is 32.3 Å². The average Bonchev–Trinajstić information content (AvgIpc) is 2.76. The molecule has 0 saturated heterocycles. The van der Waals surface area contributed by atoms with Crippen molar-refractivity contribution < 1.29 is 18.0 Å². The van der Waals surface area contributed by atoms with Crippen LogP contribution in [0.1, 0.15) is 40.4 Å². The summed E-state index contributed by atoms with van der Waals surface area (Å²) in [6, 6.07) is 6.40. The van der Waals surface area contributed by atoms with E-state index >= 15 is 0 Å². The van der Waals surface area contributed by atoms with Crippen LogP contribution < -0.4 is 16.4 Å². The molecule has 0 fully saturated rings. The second-order valence-corrected chi connectivity index (χ2v) is 6.94. The van der Waals surface area contributed by atoms with Gasteiger partial charge in [0, 0.05) is 29.2 Å². The van der Waals surface area contributed by atoms with Crippen molar-refractivity contribution in [1.82, 2.24) is 10.3 Å². The highest BCUT2D eigenvalue weighted by atomic mass is 19.4. The molecule has 3 rings (SSSR count). The monoisotopic (exact) mass is 442 g/mol. The number of halogens is 3. The SMILES string of the molecule is C=N/C(=C1\NC(CC)=CN=C1N)c1ccc(C(=O)Nc2cc(C(F)(F)F)ccn2)cc1C. The van der Waals surface area contributed by atoms with Crippen molar-refractivity contribution in [1.29, 1.82) is 0 Å². The Balaban J connectivity index is 1.89. The molecular formula is C22H21F3N6O. The van der Waals surface area contributed by atoms with Gasteiger partial charge in [-0.3, -0.25) is 9.79 Å². The zero-order valence-electron chi connectivity index (χ0n) is 17.4. The van der Waals surface area contributed by atoms with E-state index in [4.69, 9.17) is 5.73 Å². The van der Waals surface area contributed by atoms with Crippen molar-refractivity contribution in [2.24, 2.45) is 15.7 Å². The first-order chi connectivity index (χ1) is 15.1. The van der Waals surface area contributed by atoms with Crippen LogP contribution in [0.25, 0.3) is 5.70 Å². The van der Waals surface area contributed by atoms with Crippen LogP contribution in [0.5, 0.6) is 0 Å². The first kappa shape index (κ1) is 22.7. The largest absolute Gasteiger partial charge is 0.416 e. The lowest BCUT2D eigenvalue weighted by Crippen LogP contribution is -2.30. The number of amidine groups is 1. The molecule has 7 nitrogen and oxygen atoms in total. The number of nitrogens with one attached hydrogen (secondary N) is 2. The molecule has 10 heteroatoms. The molecule has 0 saturated carbocycles. The molecule has 2 heterocycles. The summed E-state index contributed by atoms with van der Waals surface area (Å²) in [6.45, 7) is 7.36. The van der Waals surface area contributed by atoms with Gasteiger partial charge < -0.3 is 16.4 Å². The summed E-state index contributed by atoms with van der Waals surface area (Å²) in [7, 11) is 0. The molecule has 0 aliphatic carbocycles. The highest BCUT2D eigenvalue weighted by Crippen LogP contribution is 2.30. The third kappa shape index (κ3) is 4.85. The fraction of sp³-hybridized carbons (Fsp3) is 0.182. The number of amides is 1. The third-order valence-electron chi connectivity index (χ3n) is 4.75. The fourth-order valence-corrected chi connectivity index (χ4v) is 3.06. The summed E-state index contributed by atoms with van der Waals surface area (Å²) in [5.41, 5.74) is 8.55. The predicted octanol–water partition coefficient (Wildman–Crippen LogP) is 4.24. The molecule has 166 valence electrons. The van der Waals surface area contributed by atoms with Gasteiger partial charge in [0.25, 0.3) is 5.91 Å². The number of nitrogens with zero attached hydrogens (tertiary/aromatic N) is 3. The maximum absolute atomic E-state index is 12.9. The summed E-state index contributed by atoms with van der Waals surface area (Å²) < 4.78 is 38.6. The van der Waals surface area contributed by atoms with Crippen LogP contribution in [-0.2, 0) is 6.18 Å². The van der Waals surface area contributed by atoms with Crippen LogP contribution in [-0.4, -0.2) is 23.4 Å². The zero-order chi connectivity index (χ0) is 23.5. The van der Waals surface area contributed by atoms with Gasteiger partial charge in [-0.1, -0.05) is 13.0 Å². The number of alkyl halides is 3. The second kappa shape index (κ2) is 9.04. The van der Waals surface area contributed by atoms with Crippen LogP contribution in [0.3, 0.4) is 0 Å². The normalized spacial score (nSPS) is 15.3. The van der Waals surface area contributed by atoms with E-state index in [0.717, 1.165) is 24.0 Å². The number of hydrogen-bond donors (Lipinski definition) is 3. The fourth-order valence-electron chi connectivity index (χ4n) is 3.06. The van der Waals surface area contributed by atoms with Crippen molar-refractivity contribution in [3.63, 3.8) is 0 Å². The minimum Gasteiger partial charge on any atom is -0.382 e. The topological polar surface area (TPSA) is 105 Å². The summed E-state index contributed by atoms with van der Waals surface area (Å²) >= 11 is 0. The maximum atomic E-state index is 12.9. The molecule has 1 aliphatic heterocycles. The Morgan fingerprint density at radius 3 is 2.66 bits per heavy atom. The van der Waals surface area contributed by atoms with Crippen LogP contribution in [0.2, 0.25) is 0 Å². The van der Waals surface area contributed by atoms with Gasteiger partial charge in [-0.25, -0.2) is 9.98 Å². The standard InChI is InChI=1S/C22H21F3N6O/c1-4-15-11-29-20(26)19(30-15)18(27-3)16-6-5-13(9-12(16)2)21(32)31-17-10-14(7-8-28-17)22(23,24)25/h5-11,30H,3-4H2,1-2H3,(H2,26,29)(H,28,31,32)/b19-18-. The van der Waals surface area contributed by atoms with Crippen molar-refractivity contribution in [3.8, 4) is 0 Å². The lowest BCUT2D eigenvalue weighted by molar-refractivity contribution is -0.137. The summed E-state index contributed by atoms with van der Waals surface area (Å²) in [5.74, 6) is -0.543. The quantitative estimate of drug-likeness (QED) is 0.603. The van der Waals surface area contributed by atoms with Gasteiger partial charge in [0.2, 0.25) is 0 Å². The smallest absolute Gasteiger partial charge is 0.382 e. The Morgan fingerprint density at radius 1 is 1.28 bits per heavy atom. The molecule has 0 spiro atoms. The van der Waals surface area contributed by atoms with E-state index in [1.165, 1.54) is 6.07 Å². The van der Waals surface area contributed by atoms with Crippen molar-refractivity contribution >= 4 is 30.0 Å². The summed E-state index contributed by atoms with van der Waals surface area (Å²) in [4.78, 5) is 24.6.